The summed E-state index contributed by atoms with van der Waals surface area (Å²) in [7, 11) is 0. The first-order valence-electron chi connectivity index (χ1n) is 7.04. The monoisotopic (exact) mass is 347 g/mol. The van der Waals surface area contributed by atoms with Crippen LogP contribution in [0.25, 0.3) is 0 Å². The zero-order valence-corrected chi connectivity index (χ0v) is 13.5. The number of aryl methyl sites for hydroxylation is 1. The largest absolute Gasteiger partial charge is 0.371 e. The average molecular weight is 348 g/mol. The third-order valence-corrected chi connectivity index (χ3v) is 3.95. The van der Waals surface area contributed by atoms with E-state index in [4.69, 9.17) is 4.74 Å². The van der Waals surface area contributed by atoms with Crippen LogP contribution in [0.1, 0.15) is 17.2 Å². The Morgan fingerprint density at radius 1 is 1.33 bits per heavy atom. The molecule has 21 heavy (non-hydrogen) atoms. The van der Waals surface area contributed by atoms with Gasteiger partial charge < -0.3 is 15.4 Å². The summed E-state index contributed by atoms with van der Waals surface area (Å²) in [6.45, 7) is 4.62. The van der Waals surface area contributed by atoms with Crippen molar-refractivity contribution in [3.8, 4) is 0 Å². The van der Waals surface area contributed by atoms with E-state index < -0.39 is 0 Å². The quantitative estimate of drug-likeness (QED) is 0.891. The van der Waals surface area contributed by atoms with Gasteiger partial charge in [0, 0.05) is 29.4 Å². The Labute approximate surface area is 133 Å². The number of halogens is 1. The van der Waals surface area contributed by atoms with E-state index in [0.29, 0.717) is 0 Å². The Kier molecular flexibility index (Phi) is 4.53. The third kappa shape index (κ3) is 3.61. The number of hydrogen-bond donors (Lipinski definition) is 2. The normalized spacial score (nSPS) is 18.5. The fourth-order valence-corrected chi connectivity index (χ4v) is 2.81. The van der Waals surface area contributed by atoms with E-state index in [1.165, 1.54) is 5.56 Å². The van der Waals surface area contributed by atoms with Gasteiger partial charge in [-0.25, -0.2) is 4.98 Å². The number of hydrogen-bond acceptors (Lipinski definition) is 4. The van der Waals surface area contributed by atoms with Gasteiger partial charge in [0.2, 0.25) is 0 Å². The van der Waals surface area contributed by atoms with Crippen molar-refractivity contribution in [2.45, 2.75) is 13.0 Å². The lowest BCUT2D eigenvalue weighted by Gasteiger charge is -2.24. The second-order valence-electron chi connectivity index (χ2n) is 5.13. The van der Waals surface area contributed by atoms with Gasteiger partial charge in [-0.05, 0) is 52.2 Å². The molecule has 0 radical (unpaired) electrons. The summed E-state index contributed by atoms with van der Waals surface area (Å²) in [6.07, 6.45) is 1.95. The predicted molar refractivity (Wildman–Crippen MR) is 88.0 cm³/mol. The van der Waals surface area contributed by atoms with E-state index in [9.17, 15) is 0 Å². The Morgan fingerprint density at radius 2 is 2.14 bits per heavy atom. The van der Waals surface area contributed by atoms with Crippen LogP contribution in [0.5, 0.6) is 0 Å². The second kappa shape index (κ2) is 6.56. The summed E-state index contributed by atoms with van der Waals surface area (Å²) >= 11 is 3.43. The van der Waals surface area contributed by atoms with Crippen LogP contribution in [0, 0.1) is 6.92 Å². The van der Waals surface area contributed by atoms with Crippen molar-refractivity contribution in [3.05, 3.63) is 52.1 Å². The van der Waals surface area contributed by atoms with Crippen molar-refractivity contribution in [1.82, 2.24) is 10.3 Å². The number of nitrogens with zero attached hydrogens (tertiary/aromatic N) is 1. The van der Waals surface area contributed by atoms with Crippen molar-refractivity contribution in [3.63, 3.8) is 0 Å². The summed E-state index contributed by atoms with van der Waals surface area (Å²) in [5, 5.41) is 6.69. The maximum atomic E-state index is 5.75. The molecule has 1 atom stereocenters. The molecule has 4 nitrogen and oxygen atoms in total. The molecule has 2 heterocycles. The molecule has 0 spiro atoms. The van der Waals surface area contributed by atoms with Crippen LogP contribution in [-0.4, -0.2) is 24.7 Å². The summed E-state index contributed by atoms with van der Waals surface area (Å²) in [5.74, 6) is 0.876. The number of nitrogens with one attached hydrogen (secondary N) is 2. The standard InChI is InChI=1S/C16H18BrN3O/c1-11-8-13(17)9-19-16(11)20-14-4-2-12(3-5-14)15-10-18-6-7-21-15/h2-5,8-9,15,18H,6-7,10H2,1H3,(H,19,20). The van der Waals surface area contributed by atoms with Gasteiger partial charge in [-0.1, -0.05) is 12.1 Å². The highest BCUT2D eigenvalue weighted by atomic mass is 79.9. The smallest absolute Gasteiger partial charge is 0.133 e. The van der Waals surface area contributed by atoms with E-state index in [1.807, 2.05) is 13.0 Å². The lowest BCUT2D eigenvalue weighted by molar-refractivity contribution is 0.0277. The number of anilines is 2. The van der Waals surface area contributed by atoms with Crippen LogP contribution in [0.3, 0.4) is 0 Å². The third-order valence-electron chi connectivity index (χ3n) is 3.52. The highest BCUT2D eigenvalue weighted by Crippen LogP contribution is 2.24. The molecule has 1 aliphatic heterocycles. The Morgan fingerprint density at radius 3 is 2.81 bits per heavy atom. The zero-order valence-electron chi connectivity index (χ0n) is 11.9. The maximum absolute atomic E-state index is 5.75. The number of aromatic nitrogens is 1. The molecule has 1 aromatic carbocycles. The summed E-state index contributed by atoms with van der Waals surface area (Å²) in [4.78, 5) is 4.39. The number of morpholine rings is 1. The van der Waals surface area contributed by atoms with Gasteiger partial charge >= 0.3 is 0 Å². The first-order valence-corrected chi connectivity index (χ1v) is 7.83. The average Bonchev–Trinajstić information content (AvgIpc) is 2.52. The first kappa shape index (κ1) is 14.5. The summed E-state index contributed by atoms with van der Waals surface area (Å²) < 4.78 is 6.74. The van der Waals surface area contributed by atoms with Gasteiger partial charge in [0.15, 0.2) is 0 Å². The molecule has 0 amide bonds. The molecule has 1 saturated heterocycles. The SMILES string of the molecule is Cc1cc(Br)cnc1Nc1ccc(C2CNCCO2)cc1. The number of pyridine rings is 1. The van der Waals surface area contributed by atoms with E-state index in [2.05, 4.69) is 55.8 Å². The van der Waals surface area contributed by atoms with Gasteiger partial charge in [-0.15, -0.1) is 0 Å². The van der Waals surface area contributed by atoms with Crippen LogP contribution < -0.4 is 10.6 Å². The van der Waals surface area contributed by atoms with Crippen LogP contribution >= 0.6 is 15.9 Å². The molecular weight excluding hydrogens is 330 g/mol. The summed E-state index contributed by atoms with van der Waals surface area (Å²) in [6, 6.07) is 10.4. The van der Waals surface area contributed by atoms with Gasteiger partial charge in [-0.3, -0.25) is 0 Å². The molecule has 0 bridgehead atoms. The van der Waals surface area contributed by atoms with Gasteiger partial charge in [0.05, 0.1) is 12.7 Å². The molecule has 1 aliphatic rings. The minimum absolute atomic E-state index is 0.153. The van der Waals surface area contributed by atoms with Gasteiger partial charge in [0.25, 0.3) is 0 Å². The molecule has 3 rings (SSSR count). The number of rotatable bonds is 3. The van der Waals surface area contributed by atoms with Gasteiger partial charge in [-0.2, -0.15) is 0 Å². The number of ether oxygens (including phenoxy) is 1. The fraction of sp³-hybridized carbons (Fsp3) is 0.312. The maximum Gasteiger partial charge on any atom is 0.133 e. The first-order chi connectivity index (χ1) is 10.2. The highest BCUT2D eigenvalue weighted by molar-refractivity contribution is 9.10. The lowest BCUT2D eigenvalue weighted by Crippen LogP contribution is -2.33. The van der Waals surface area contributed by atoms with Crippen molar-refractivity contribution >= 4 is 27.4 Å². The molecule has 2 N–H and O–H groups in total. The molecule has 0 saturated carbocycles. The lowest BCUT2D eigenvalue weighted by atomic mass is 10.1. The Balaban J connectivity index is 1.71. The Hall–Kier alpha value is -1.43. The number of benzene rings is 1. The van der Waals surface area contributed by atoms with Crippen LogP contribution in [-0.2, 0) is 4.74 Å². The predicted octanol–water partition coefficient (Wildman–Crippen LogP) is 3.56. The summed E-state index contributed by atoms with van der Waals surface area (Å²) in [5.41, 5.74) is 3.34. The fourth-order valence-electron chi connectivity index (χ4n) is 2.37. The van der Waals surface area contributed by atoms with Gasteiger partial charge in [0.1, 0.15) is 5.82 Å². The molecule has 1 unspecified atom stereocenters. The van der Waals surface area contributed by atoms with E-state index in [-0.39, 0.29) is 6.10 Å². The molecule has 1 aromatic heterocycles. The minimum atomic E-state index is 0.153. The van der Waals surface area contributed by atoms with Crippen LogP contribution in [0.4, 0.5) is 11.5 Å². The van der Waals surface area contributed by atoms with Crippen molar-refractivity contribution in [2.24, 2.45) is 0 Å². The topological polar surface area (TPSA) is 46.2 Å². The van der Waals surface area contributed by atoms with E-state index >= 15 is 0 Å². The van der Waals surface area contributed by atoms with Crippen LogP contribution in [0.15, 0.2) is 41.0 Å². The Bertz CT molecular complexity index is 609. The second-order valence-corrected chi connectivity index (χ2v) is 6.05. The molecule has 2 aromatic rings. The molecular formula is C16H18BrN3O. The van der Waals surface area contributed by atoms with E-state index in [1.54, 1.807) is 6.20 Å². The van der Waals surface area contributed by atoms with E-state index in [0.717, 1.165) is 41.2 Å². The van der Waals surface area contributed by atoms with Crippen molar-refractivity contribution < 1.29 is 4.74 Å². The van der Waals surface area contributed by atoms with Crippen molar-refractivity contribution in [2.75, 3.05) is 25.0 Å². The molecule has 110 valence electrons. The molecule has 0 aliphatic carbocycles. The zero-order chi connectivity index (χ0) is 14.7. The highest BCUT2D eigenvalue weighted by Gasteiger charge is 2.15. The molecule has 1 fully saturated rings. The van der Waals surface area contributed by atoms with Crippen LogP contribution in [0.2, 0.25) is 0 Å². The van der Waals surface area contributed by atoms with Crippen molar-refractivity contribution in [1.29, 1.82) is 0 Å². The minimum Gasteiger partial charge on any atom is -0.371 e. The molecule has 5 heteroatoms.